The molecule has 0 aliphatic rings. The van der Waals surface area contributed by atoms with Crippen LogP contribution in [0.5, 0.6) is 0 Å². The maximum atomic E-state index is 5.52. The molecule has 0 amide bonds. The highest BCUT2D eigenvalue weighted by Crippen LogP contribution is 2.14. The molecule has 3 nitrogen and oxygen atoms in total. The Labute approximate surface area is 79.5 Å². The van der Waals surface area contributed by atoms with Gasteiger partial charge in [0.25, 0.3) is 0 Å². The smallest absolute Gasteiger partial charge is 0.208 e. The fourth-order valence-electron chi connectivity index (χ4n) is 1.05. The van der Waals surface area contributed by atoms with Gasteiger partial charge in [-0.25, -0.2) is 4.98 Å². The summed E-state index contributed by atoms with van der Waals surface area (Å²) in [5.41, 5.74) is 0. The van der Waals surface area contributed by atoms with Crippen molar-refractivity contribution >= 4 is 0 Å². The predicted octanol–water partition coefficient (Wildman–Crippen LogP) is 2.30. The summed E-state index contributed by atoms with van der Waals surface area (Å²) >= 11 is 0. The molecule has 1 aromatic heterocycles. The molecule has 0 fully saturated rings. The first-order chi connectivity index (χ1) is 6.24. The van der Waals surface area contributed by atoms with Gasteiger partial charge in [-0.1, -0.05) is 20.8 Å². The summed E-state index contributed by atoms with van der Waals surface area (Å²) in [5.74, 6) is 2.18. The molecule has 0 aliphatic carbocycles. The maximum absolute atomic E-state index is 5.52. The van der Waals surface area contributed by atoms with E-state index in [0.717, 1.165) is 31.2 Å². The SMILES string of the molecule is CCCNCc1ncc(C(C)C)o1. The molecule has 13 heavy (non-hydrogen) atoms. The number of rotatable bonds is 5. The fourth-order valence-corrected chi connectivity index (χ4v) is 1.05. The predicted molar refractivity (Wildman–Crippen MR) is 52.6 cm³/mol. The summed E-state index contributed by atoms with van der Waals surface area (Å²) in [6.45, 7) is 8.09. The zero-order chi connectivity index (χ0) is 9.68. The number of nitrogens with one attached hydrogen (secondary N) is 1. The second kappa shape index (κ2) is 5.02. The number of hydrogen-bond donors (Lipinski definition) is 1. The van der Waals surface area contributed by atoms with E-state index in [9.17, 15) is 0 Å². The zero-order valence-corrected chi connectivity index (χ0v) is 8.63. The molecule has 0 radical (unpaired) electrons. The molecular formula is C10H18N2O. The minimum Gasteiger partial charge on any atom is -0.444 e. The molecule has 0 saturated carbocycles. The van der Waals surface area contributed by atoms with Crippen molar-refractivity contribution in [3.05, 3.63) is 17.8 Å². The number of hydrogen-bond acceptors (Lipinski definition) is 3. The average Bonchev–Trinajstić information content (AvgIpc) is 2.53. The average molecular weight is 182 g/mol. The van der Waals surface area contributed by atoms with Crippen LogP contribution in [0.3, 0.4) is 0 Å². The Bertz CT molecular complexity index is 243. The van der Waals surface area contributed by atoms with Crippen molar-refractivity contribution < 1.29 is 4.42 Å². The van der Waals surface area contributed by atoms with Crippen molar-refractivity contribution in [2.24, 2.45) is 0 Å². The lowest BCUT2D eigenvalue weighted by atomic mass is 10.2. The van der Waals surface area contributed by atoms with Crippen LogP contribution in [0.2, 0.25) is 0 Å². The van der Waals surface area contributed by atoms with Crippen molar-refractivity contribution in [1.29, 1.82) is 0 Å². The second-order valence-corrected chi connectivity index (χ2v) is 3.49. The minimum atomic E-state index is 0.424. The standard InChI is InChI=1S/C10H18N2O/c1-4-5-11-7-10-12-6-9(13-10)8(2)3/h6,8,11H,4-5,7H2,1-3H3. The summed E-state index contributed by atoms with van der Waals surface area (Å²) in [7, 11) is 0. The van der Waals surface area contributed by atoms with Gasteiger partial charge in [0.05, 0.1) is 12.7 Å². The van der Waals surface area contributed by atoms with Crippen LogP contribution >= 0.6 is 0 Å². The largest absolute Gasteiger partial charge is 0.444 e. The Morgan fingerprint density at radius 3 is 2.85 bits per heavy atom. The molecule has 1 aromatic rings. The summed E-state index contributed by atoms with van der Waals surface area (Å²) in [6, 6.07) is 0. The molecule has 1 heterocycles. The van der Waals surface area contributed by atoms with Crippen molar-refractivity contribution in [3.8, 4) is 0 Å². The van der Waals surface area contributed by atoms with E-state index in [1.165, 1.54) is 0 Å². The third-order valence-electron chi connectivity index (χ3n) is 1.84. The van der Waals surface area contributed by atoms with Crippen LogP contribution in [-0.2, 0) is 6.54 Å². The number of nitrogens with zero attached hydrogens (tertiary/aromatic N) is 1. The van der Waals surface area contributed by atoms with Gasteiger partial charge < -0.3 is 9.73 Å². The molecule has 0 unspecified atom stereocenters. The Balaban J connectivity index is 2.40. The van der Waals surface area contributed by atoms with Gasteiger partial charge in [-0.05, 0) is 13.0 Å². The van der Waals surface area contributed by atoms with Gasteiger partial charge in [0.1, 0.15) is 5.76 Å². The topological polar surface area (TPSA) is 38.1 Å². The van der Waals surface area contributed by atoms with Gasteiger partial charge in [-0.15, -0.1) is 0 Å². The number of aromatic nitrogens is 1. The quantitative estimate of drug-likeness (QED) is 0.710. The normalized spacial score (nSPS) is 11.1. The molecule has 0 aliphatic heterocycles. The van der Waals surface area contributed by atoms with Gasteiger partial charge in [0.2, 0.25) is 5.89 Å². The first-order valence-corrected chi connectivity index (χ1v) is 4.89. The first-order valence-electron chi connectivity index (χ1n) is 4.89. The Morgan fingerprint density at radius 1 is 1.54 bits per heavy atom. The summed E-state index contributed by atoms with van der Waals surface area (Å²) in [6.07, 6.45) is 2.95. The van der Waals surface area contributed by atoms with Gasteiger partial charge in [0, 0.05) is 5.92 Å². The van der Waals surface area contributed by atoms with Crippen molar-refractivity contribution in [2.75, 3.05) is 6.54 Å². The Kier molecular flexibility index (Phi) is 3.96. The van der Waals surface area contributed by atoms with E-state index in [1.54, 1.807) is 0 Å². The highest BCUT2D eigenvalue weighted by atomic mass is 16.4. The van der Waals surface area contributed by atoms with Gasteiger partial charge in [-0.2, -0.15) is 0 Å². The van der Waals surface area contributed by atoms with Gasteiger partial charge in [-0.3, -0.25) is 0 Å². The molecule has 0 spiro atoms. The molecule has 1 rings (SSSR count). The van der Waals surface area contributed by atoms with Crippen LogP contribution < -0.4 is 5.32 Å². The zero-order valence-electron chi connectivity index (χ0n) is 8.63. The van der Waals surface area contributed by atoms with Gasteiger partial charge in [0.15, 0.2) is 0 Å². The summed E-state index contributed by atoms with van der Waals surface area (Å²) in [4.78, 5) is 4.18. The molecule has 74 valence electrons. The minimum absolute atomic E-state index is 0.424. The first kappa shape index (κ1) is 10.3. The lowest BCUT2D eigenvalue weighted by molar-refractivity contribution is 0.423. The molecule has 0 saturated heterocycles. The van der Waals surface area contributed by atoms with Crippen LogP contribution in [0.4, 0.5) is 0 Å². The van der Waals surface area contributed by atoms with Gasteiger partial charge >= 0.3 is 0 Å². The Hall–Kier alpha value is -0.830. The van der Waals surface area contributed by atoms with Crippen LogP contribution in [-0.4, -0.2) is 11.5 Å². The van der Waals surface area contributed by atoms with Crippen molar-refractivity contribution in [3.63, 3.8) is 0 Å². The molecular weight excluding hydrogens is 164 g/mol. The highest BCUT2D eigenvalue weighted by molar-refractivity contribution is 4.98. The summed E-state index contributed by atoms with van der Waals surface area (Å²) < 4.78 is 5.52. The van der Waals surface area contributed by atoms with Crippen molar-refractivity contribution in [2.45, 2.75) is 39.7 Å². The Morgan fingerprint density at radius 2 is 2.31 bits per heavy atom. The van der Waals surface area contributed by atoms with E-state index in [0.29, 0.717) is 5.92 Å². The van der Waals surface area contributed by atoms with E-state index < -0.39 is 0 Å². The number of oxazole rings is 1. The lowest BCUT2D eigenvalue weighted by Crippen LogP contribution is -2.13. The second-order valence-electron chi connectivity index (χ2n) is 3.49. The van der Waals surface area contributed by atoms with E-state index in [4.69, 9.17) is 4.42 Å². The lowest BCUT2D eigenvalue weighted by Gasteiger charge is -1.99. The third kappa shape index (κ3) is 3.19. The van der Waals surface area contributed by atoms with Crippen LogP contribution in [0.1, 0.15) is 44.8 Å². The monoisotopic (exact) mass is 182 g/mol. The molecule has 1 N–H and O–H groups in total. The fraction of sp³-hybridized carbons (Fsp3) is 0.700. The van der Waals surface area contributed by atoms with Crippen LogP contribution in [0, 0.1) is 0 Å². The van der Waals surface area contributed by atoms with E-state index in [2.05, 4.69) is 31.1 Å². The molecule has 0 bridgehead atoms. The molecule has 0 aromatic carbocycles. The van der Waals surface area contributed by atoms with E-state index in [-0.39, 0.29) is 0 Å². The third-order valence-corrected chi connectivity index (χ3v) is 1.84. The molecule has 0 atom stereocenters. The summed E-state index contributed by atoms with van der Waals surface area (Å²) in [5, 5.41) is 3.25. The highest BCUT2D eigenvalue weighted by Gasteiger charge is 2.06. The van der Waals surface area contributed by atoms with Crippen LogP contribution in [0.15, 0.2) is 10.6 Å². The molecule has 3 heteroatoms. The van der Waals surface area contributed by atoms with Crippen molar-refractivity contribution in [1.82, 2.24) is 10.3 Å². The van der Waals surface area contributed by atoms with E-state index in [1.807, 2.05) is 6.20 Å². The maximum Gasteiger partial charge on any atom is 0.208 e. The van der Waals surface area contributed by atoms with E-state index >= 15 is 0 Å². The van der Waals surface area contributed by atoms with Crippen LogP contribution in [0.25, 0.3) is 0 Å².